The zero-order valence-corrected chi connectivity index (χ0v) is 23.2. The molecule has 42 heavy (non-hydrogen) atoms. The first-order chi connectivity index (χ1) is 20.8. The molecule has 5 aromatic carbocycles. The fraction of sp³-hybridized carbons (Fsp3) is 0.158. The standard InChI is InChI=1S/C38H28N4/c39-23-26-22-27(24-40)38(42-34-20-10-6-16-30(34)31-17-7-11-21-35(31)42)36(25-12-2-1-3-13-25)37(26)41-32-18-8-4-14-28(32)29-15-5-9-19-33(29)41/h4-11,14-22,25H,1-3,12-13H2. The second-order valence-electron chi connectivity index (χ2n) is 11.4. The maximum absolute atomic E-state index is 10.7. The van der Waals surface area contributed by atoms with E-state index in [1.54, 1.807) is 0 Å². The normalized spacial score (nSPS) is 14.0. The van der Waals surface area contributed by atoms with Crippen molar-refractivity contribution < 1.29 is 0 Å². The summed E-state index contributed by atoms with van der Waals surface area (Å²) in [6.45, 7) is 0. The maximum atomic E-state index is 10.7. The molecule has 2 aromatic heterocycles. The Morgan fingerprint density at radius 2 is 0.857 bits per heavy atom. The van der Waals surface area contributed by atoms with Gasteiger partial charge in [0.25, 0.3) is 0 Å². The Balaban J connectivity index is 1.62. The number of aromatic nitrogens is 2. The summed E-state index contributed by atoms with van der Waals surface area (Å²) < 4.78 is 4.59. The average molecular weight is 541 g/mol. The van der Waals surface area contributed by atoms with Gasteiger partial charge in [0, 0.05) is 27.1 Å². The zero-order valence-electron chi connectivity index (χ0n) is 23.2. The second-order valence-corrected chi connectivity index (χ2v) is 11.4. The summed E-state index contributed by atoms with van der Waals surface area (Å²) in [4.78, 5) is 0. The lowest BCUT2D eigenvalue weighted by atomic mass is 9.80. The van der Waals surface area contributed by atoms with E-state index in [0.29, 0.717) is 11.1 Å². The summed E-state index contributed by atoms with van der Waals surface area (Å²) >= 11 is 0. The van der Waals surface area contributed by atoms with Gasteiger partial charge < -0.3 is 9.13 Å². The molecule has 8 rings (SSSR count). The fourth-order valence-corrected chi connectivity index (χ4v) is 7.44. The summed E-state index contributed by atoms with van der Waals surface area (Å²) in [5.41, 5.74) is 8.33. The highest BCUT2D eigenvalue weighted by molar-refractivity contribution is 6.11. The number of fused-ring (bicyclic) bond motifs is 6. The predicted octanol–water partition coefficient (Wildman–Crippen LogP) is 9.67. The molecule has 0 atom stereocenters. The minimum atomic E-state index is 0.226. The molecule has 1 saturated carbocycles. The van der Waals surface area contributed by atoms with Crippen molar-refractivity contribution in [2.24, 2.45) is 0 Å². The van der Waals surface area contributed by atoms with Crippen LogP contribution in [0.3, 0.4) is 0 Å². The van der Waals surface area contributed by atoms with Gasteiger partial charge >= 0.3 is 0 Å². The molecule has 0 saturated heterocycles. The topological polar surface area (TPSA) is 57.4 Å². The summed E-state index contributed by atoms with van der Waals surface area (Å²) in [6, 6.07) is 40.8. The van der Waals surface area contributed by atoms with Crippen LogP contribution >= 0.6 is 0 Å². The number of hydrogen-bond donors (Lipinski definition) is 0. The van der Waals surface area contributed by atoms with Crippen LogP contribution in [0.1, 0.15) is 54.7 Å². The number of para-hydroxylation sites is 4. The summed E-state index contributed by atoms with van der Waals surface area (Å²) in [6.07, 6.45) is 5.57. The molecule has 0 bridgehead atoms. The maximum Gasteiger partial charge on any atom is 0.101 e. The van der Waals surface area contributed by atoms with Crippen molar-refractivity contribution in [3.8, 4) is 23.5 Å². The molecule has 200 valence electrons. The summed E-state index contributed by atoms with van der Waals surface area (Å²) in [5, 5.41) is 26.0. The lowest BCUT2D eigenvalue weighted by Gasteiger charge is -2.30. The molecular formula is C38H28N4. The molecule has 0 amide bonds. The van der Waals surface area contributed by atoms with Gasteiger partial charge in [0.2, 0.25) is 0 Å². The van der Waals surface area contributed by atoms with Gasteiger partial charge in [0.05, 0.1) is 44.6 Å². The van der Waals surface area contributed by atoms with E-state index in [4.69, 9.17) is 0 Å². The molecule has 0 aliphatic heterocycles. The predicted molar refractivity (Wildman–Crippen MR) is 170 cm³/mol. The van der Waals surface area contributed by atoms with E-state index in [1.807, 2.05) is 6.07 Å². The van der Waals surface area contributed by atoms with E-state index in [2.05, 4.69) is 118 Å². The van der Waals surface area contributed by atoms with Crippen molar-refractivity contribution in [2.75, 3.05) is 0 Å². The van der Waals surface area contributed by atoms with E-state index in [-0.39, 0.29) is 5.92 Å². The van der Waals surface area contributed by atoms with E-state index in [9.17, 15) is 10.5 Å². The number of rotatable bonds is 3. The molecule has 1 fully saturated rings. The molecular weight excluding hydrogens is 512 g/mol. The molecule has 0 radical (unpaired) electrons. The molecule has 7 aromatic rings. The van der Waals surface area contributed by atoms with Crippen molar-refractivity contribution >= 4 is 43.6 Å². The van der Waals surface area contributed by atoms with Gasteiger partial charge in [0.1, 0.15) is 12.1 Å². The monoisotopic (exact) mass is 540 g/mol. The first-order valence-corrected chi connectivity index (χ1v) is 14.8. The van der Waals surface area contributed by atoms with Crippen LogP contribution in [0.25, 0.3) is 55.0 Å². The fourth-order valence-electron chi connectivity index (χ4n) is 7.44. The molecule has 0 unspecified atom stereocenters. The van der Waals surface area contributed by atoms with Crippen LogP contribution in [0.5, 0.6) is 0 Å². The SMILES string of the molecule is N#Cc1cc(C#N)c(-n2c3ccccc3c3ccccc32)c(C2CCCCC2)c1-n1c2ccccc2c2ccccc21. The molecule has 2 heterocycles. The Labute approximate surface area is 244 Å². The second kappa shape index (κ2) is 9.65. The van der Waals surface area contributed by atoms with Gasteiger partial charge in [0.15, 0.2) is 0 Å². The third-order valence-electron chi connectivity index (χ3n) is 9.17. The summed E-state index contributed by atoms with van der Waals surface area (Å²) in [5.74, 6) is 0.226. The van der Waals surface area contributed by atoms with Crippen LogP contribution in [0.4, 0.5) is 0 Å². The van der Waals surface area contributed by atoms with Crippen LogP contribution in [0, 0.1) is 22.7 Å². The van der Waals surface area contributed by atoms with Crippen LogP contribution in [0.2, 0.25) is 0 Å². The lowest BCUT2D eigenvalue weighted by Crippen LogP contribution is -2.16. The van der Waals surface area contributed by atoms with Gasteiger partial charge in [-0.2, -0.15) is 10.5 Å². The molecule has 1 aliphatic rings. The van der Waals surface area contributed by atoms with Crippen molar-refractivity contribution in [1.29, 1.82) is 10.5 Å². The van der Waals surface area contributed by atoms with E-state index in [1.165, 1.54) is 6.42 Å². The van der Waals surface area contributed by atoms with Gasteiger partial charge in [-0.15, -0.1) is 0 Å². The molecule has 0 N–H and O–H groups in total. The van der Waals surface area contributed by atoms with Crippen LogP contribution < -0.4 is 0 Å². The Kier molecular flexibility index (Phi) is 5.62. The highest BCUT2D eigenvalue weighted by Gasteiger charge is 2.31. The van der Waals surface area contributed by atoms with Crippen molar-refractivity contribution in [3.63, 3.8) is 0 Å². The van der Waals surface area contributed by atoms with Gasteiger partial charge in [-0.3, -0.25) is 0 Å². The Morgan fingerprint density at radius 1 is 0.500 bits per heavy atom. The molecule has 1 aliphatic carbocycles. The first-order valence-electron chi connectivity index (χ1n) is 14.8. The Bertz CT molecular complexity index is 2000. The smallest absolute Gasteiger partial charge is 0.101 e. The third-order valence-corrected chi connectivity index (χ3v) is 9.17. The quantitative estimate of drug-likeness (QED) is 0.224. The average Bonchev–Trinajstić information content (AvgIpc) is 3.57. The zero-order chi connectivity index (χ0) is 28.2. The molecule has 0 spiro atoms. The number of hydrogen-bond acceptors (Lipinski definition) is 2. The third kappa shape index (κ3) is 3.46. The number of nitrogens with zero attached hydrogens (tertiary/aromatic N) is 4. The van der Waals surface area contributed by atoms with Crippen molar-refractivity contribution in [2.45, 2.75) is 38.0 Å². The molecule has 4 heteroatoms. The largest absolute Gasteiger partial charge is 0.308 e. The van der Waals surface area contributed by atoms with Crippen LogP contribution in [-0.4, -0.2) is 9.13 Å². The van der Waals surface area contributed by atoms with Crippen LogP contribution in [0.15, 0.2) is 103 Å². The Hall–Kier alpha value is -5.32. The highest BCUT2D eigenvalue weighted by Crippen LogP contribution is 2.46. The van der Waals surface area contributed by atoms with E-state index >= 15 is 0 Å². The number of nitriles is 2. The van der Waals surface area contributed by atoms with Crippen molar-refractivity contribution in [1.82, 2.24) is 9.13 Å². The lowest BCUT2D eigenvalue weighted by molar-refractivity contribution is 0.442. The van der Waals surface area contributed by atoms with E-state index in [0.717, 1.165) is 86.2 Å². The first kappa shape index (κ1) is 24.5. The summed E-state index contributed by atoms with van der Waals surface area (Å²) in [7, 11) is 0. The van der Waals surface area contributed by atoms with Gasteiger partial charge in [-0.05, 0) is 49.1 Å². The number of benzene rings is 5. The highest BCUT2D eigenvalue weighted by atomic mass is 15.0. The van der Waals surface area contributed by atoms with Crippen LogP contribution in [-0.2, 0) is 0 Å². The van der Waals surface area contributed by atoms with Gasteiger partial charge in [-0.25, -0.2) is 0 Å². The minimum absolute atomic E-state index is 0.226. The Morgan fingerprint density at radius 3 is 1.21 bits per heavy atom. The molecule has 4 nitrogen and oxygen atoms in total. The van der Waals surface area contributed by atoms with Crippen molar-refractivity contribution in [3.05, 3.63) is 120 Å². The minimum Gasteiger partial charge on any atom is -0.308 e. The van der Waals surface area contributed by atoms with Gasteiger partial charge in [-0.1, -0.05) is 92.1 Å². The van der Waals surface area contributed by atoms with E-state index < -0.39 is 0 Å².